The van der Waals surface area contributed by atoms with Crippen LogP contribution in [0.5, 0.6) is 0 Å². The number of rotatable bonds is 8. The van der Waals surface area contributed by atoms with Gasteiger partial charge in [-0.1, -0.05) is 23.5 Å². The minimum atomic E-state index is -3.33. The molecule has 1 aromatic heterocycles. The van der Waals surface area contributed by atoms with Crippen LogP contribution in [0.2, 0.25) is 0 Å². The van der Waals surface area contributed by atoms with Crippen LogP contribution in [0.3, 0.4) is 0 Å². The van der Waals surface area contributed by atoms with Crippen LogP contribution < -0.4 is 4.80 Å². The molecule has 0 saturated carbocycles. The van der Waals surface area contributed by atoms with Gasteiger partial charge in [-0.15, -0.1) is 11.8 Å². The molecule has 0 aliphatic carbocycles. The summed E-state index contributed by atoms with van der Waals surface area (Å²) >= 11 is 3.15. The van der Waals surface area contributed by atoms with E-state index in [9.17, 15) is 13.2 Å². The van der Waals surface area contributed by atoms with Gasteiger partial charge in [-0.3, -0.25) is 4.79 Å². The molecule has 0 saturated heterocycles. The zero-order valence-corrected chi connectivity index (χ0v) is 20.4. The van der Waals surface area contributed by atoms with Crippen molar-refractivity contribution < 1.29 is 17.9 Å². The minimum Gasteiger partial charge on any atom is -0.383 e. The molecule has 0 radical (unpaired) electrons. The van der Waals surface area contributed by atoms with Crippen LogP contribution in [0.25, 0.3) is 10.2 Å². The van der Waals surface area contributed by atoms with Gasteiger partial charge in [-0.25, -0.2) is 8.42 Å². The number of ether oxygens (including phenoxy) is 1. The molecule has 0 fully saturated rings. The topological polar surface area (TPSA) is 77.7 Å². The van der Waals surface area contributed by atoms with Crippen LogP contribution in [0.4, 0.5) is 0 Å². The third-order valence-corrected chi connectivity index (χ3v) is 8.79. The second kappa shape index (κ2) is 10.1. The Morgan fingerprint density at radius 1 is 1.19 bits per heavy atom. The standard InChI is InChI=1S/C22H26N2O4S3/c1-15(2)31(26,27)18-8-5-16(6-9-18)13-21(25)23-22-24(11-12-28-3)19-10-7-17(29-4)14-20(19)30-22/h5-10,14-15H,11-13H2,1-4H3. The maximum Gasteiger partial charge on any atom is 0.252 e. The first-order valence-electron chi connectivity index (χ1n) is 9.83. The van der Waals surface area contributed by atoms with E-state index < -0.39 is 15.1 Å². The number of hydrogen-bond donors (Lipinski definition) is 0. The number of fused-ring (bicyclic) bond motifs is 1. The summed E-state index contributed by atoms with van der Waals surface area (Å²) in [5.41, 5.74) is 1.75. The van der Waals surface area contributed by atoms with Gasteiger partial charge in [0.25, 0.3) is 5.91 Å². The van der Waals surface area contributed by atoms with Gasteiger partial charge < -0.3 is 9.30 Å². The van der Waals surface area contributed by atoms with Gasteiger partial charge >= 0.3 is 0 Å². The fourth-order valence-electron chi connectivity index (χ4n) is 3.05. The van der Waals surface area contributed by atoms with Crippen LogP contribution >= 0.6 is 23.1 Å². The summed E-state index contributed by atoms with van der Waals surface area (Å²) in [6.45, 7) is 4.42. The van der Waals surface area contributed by atoms with E-state index in [1.807, 2.05) is 16.9 Å². The molecule has 3 rings (SSSR count). The van der Waals surface area contributed by atoms with Gasteiger partial charge in [-0.05, 0) is 56.0 Å². The summed E-state index contributed by atoms with van der Waals surface area (Å²) in [5, 5.41) is -0.489. The predicted molar refractivity (Wildman–Crippen MR) is 127 cm³/mol. The van der Waals surface area contributed by atoms with E-state index >= 15 is 0 Å². The first-order valence-corrected chi connectivity index (χ1v) is 13.4. The van der Waals surface area contributed by atoms with Crippen molar-refractivity contribution in [3.8, 4) is 0 Å². The van der Waals surface area contributed by atoms with Crippen molar-refractivity contribution >= 4 is 49.1 Å². The highest BCUT2D eigenvalue weighted by Gasteiger charge is 2.19. The second-order valence-corrected chi connectivity index (χ2v) is 11.7. The van der Waals surface area contributed by atoms with Crippen molar-refractivity contribution in [1.29, 1.82) is 0 Å². The average Bonchev–Trinajstić information content (AvgIpc) is 3.08. The third-order valence-electron chi connectivity index (χ3n) is 4.86. The average molecular weight is 479 g/mol. The Morgan fingerprint density at radius 2 is 1.90 bits per heavy atom. The highest BCUT2D eigenvalue weighted by Crippen LogP contribution is 2.24. The van der Waals surface area contributed by atoms with Crippen molar-refractivity contribution in [1.82, 2.24) is 4.57 Å². The normalized spacial score (nSPS) is 12.7. The Bertz CT molecular complexity index is 1240. The van der Waals surface area contributed by atoms with Crippen LogP contribution in [0.15, 0.2) is 57.2 Å². The number of thiazole rings is 1. The molecular formula is C22H26N2O4S3. The molecule has 0 N–H and O–H groups in total. The Balaban J connectivity index is 1.89. The molecule has 2 aromatic carbocycles. The number of amides is 1. The molecule has 3 aromatic rings. The van der Waals surface area contributed by atoms with Crippen molar-refractivity contribution in [3.05, 3.63) is 52.8 Å². The molecule has 0 bridgehead atoms. The van der Waals surface area contributed by atoms with Crippen LogP contribution in [-0.2, 0) is 32.3 Å². The van der Waals surface area contributed by atoms with Gasteiger partial charge in [0.15, 0.2) is 14.6 Å². The third kappa shape index (κ3) is 5.46. The van der Waals surface area contributed by atoms with E-state index in [0.29, 0.717) is 18.0 Å². The Hall–Kier alpha value is -1.94. The first-order chi connectivity index (χ1) is 14.8. The number of benzene rings is 2. The molecular weight excluding hydrogens is 452 g/mol. The van der Waals surface area contributed by atoms with E-state index in [-0.39, 0.29) is 17.2 Å². The Labute approximate surface area is 190 Å². The molecule has 1 heterocycles. The van der Waals surface area contributed by atoms with Gasteiger partial charge in [0, 0.05) is 18.6 Å². The van der Waals surface area contributed by atoms with E-state index in [0.717, 1.165) is 20.7 Å². The zero-order chi connectivity index (χ0) is 22.6. The fraction of sp³-hybridized carbons (Fsp3) is 0.364. The van der Waals surface area contributed by atoms with Crippen molar-refractivity contribution in [2.45, 2.75) is 41.9 Å². The number of thioether (sulfide) groups is 1. The van der Waals surface area contributed by atoms with E-state index in [4.69, 9.17) is 4.74 Å². The Kier molecular flexibility index (Phi) is 7.74. The van der Waals surface area contributed by atoms with Crippen LogP contribution in [0, 0.1) is 0 Å². The molecule has 9 heteroatoms. The molecule has 0 spiro atoms. The fourth-order valence-corrected chi connectivity index (χ4v) is 5.74. The van der Waals surface area contributed by atoms with Crippen LogP contribution in [-0.4, -0.2) is 44.1 Å². The highest BCUT2D eigenvalue weighted by molar-refractivity contribution is 7.98. The second-order valence-electron chi connectivity index (χ2n) is 7.28. The Morgan fingerprint density at radius 3 is 2.52 bits per heavy atom. The number of carbonyl (C=O) groups is 1. The van der Waals surface area contributed by atoms with Gasteiger partial charge in [0.05, 0.1) is 33.4 Å². The van der Waals surface area contributed by atoms with Gasteiger partial charge in [0.1, 0.15) is 0 Å². The summed E-state index contributed by atoms with van der Waals surface area (Å²) in [5.74, 6) is -0.276. The monoisotopic (exact) mass is 478 g/mol. The molecule has 0 aliphatic heterocycles. The van der Waals surface area contributed by atoms with E-state index in [2.05, 4.69) is 17.1 Å². The maximum absolute atomic E-state index is 12.7. The maximum atomic E-state index is 12.7. The molecule has 166 valence electrons. The molecule has 0 aliphatic rings. The lowest BCUT2D eigenvalue weighted by atomic mass is 10.1. The summed E-state index contributed by atoms with van der Waals surface area (Å²) in [7, 11) is -1.68. The molecule has 31 heavy (non-hydrogen) atoms. The number of nitrogens with zero attached hydrogens (tertiary/aromatic N) is 2. The lowest BCUT2D eigenvalue weighted by Gasteiger charge is -2.08. The van der Waals surface area contributed by atoms with Crippen molar-refractivity contribution in [3.63, 3.8) is 0 Å². The summed E-state index contributed by atoms with van der Waals surface area (Å²) in [6.07, 6.45) is 2.14. The number of methoxy groups -OCH3 is 1. The number of aromatic nitrogens is 1. The number of carbonyl (C=O) groups excluding carboxylic acids is 1. The lowest BCUT2D eigenvalue weighted by Crippen LogP contribution is -2.19. The zero-order valence-electron chi connectivity index (χ0n) is 18.0. The SMILES string of the molecule is COCCn1c(=NC(=O)Cc2ccc(S(=O)(=O)C(C)C)cc2)sc2cc(SC)ccc21. The highest BCUT2D eigenvalue weighted by atomic mass is 32.2. The van der Waals surface area contributed by atoms with E-state index in [1.54, 1.807) is 57.0 Å². The molecule has 6 nitrogen and oxygen atoms in total. The lowest BCUT2D eigenvalue weighted by molar-refractivity contribution is -0.117. The summed E-state index contributed by atoms with van der Waals surface area (Å²) < 4.78 is 32.8. The largest absolute Gasteiger partial charge is 0.383 e. The predicted octanol–water partition coefficient (Wildman–Crippen LogP) is 3.92. The molecule has 0 atom stereocenters. The smallest absolute Gasteiger partial charge is 0.252 e. The molecule has 0 unspecified atom stereocenters. The summed E-state index contributed by atoms with van der Waals surface area (Å²) in [6, 6.07) is 12.7. The van der Waals surface area contributed by atoms with Crippen molar-refractivity contribution in [2.24, 2.45) is 4.99 Å². The van der Waals surface area contributed by atoms with Gasteiger partial charge in [-0.2, -0.15) is 4.99 Å². The van der Waals surface area contributed by atoms with E-state index in [1.165, 1.54) is 11.3 Å². The number of sulfone groups is 1. The number of hydrogen-bond acceptors (Lipinski definition) is 6. The van der Waals surface area contributed by atoms with Crippen LogP contribution in [0.1, 0.15) is 19.4 Å². The minimum absolute atomic E-state index is 0.108. The van der Waals surface area contributed by atoms with Gasteiger partial charge in [0.2, 0.25) is 0 Å². The quantitative estimate of drug-likeness (QED) is 0.459. The summed E-state index contributed by atoms with van der Waals surface area (Å²) in [4.78, 5) is 19.1. The first kappa shape index (κ1) is 23.7. The van der Waals surface area contributed by atoms with Crippen molar-refractivity contribution in [2.75, 3.05) is 20.0 Å². The molecule has 1 amide bonds.